The van der Waals surface area contributed by atoms with Gasteiger partial charge in [0.15, 0.2) is 11.5 Å². The molecule has 1 heterocycles. The molecule has 2 aromatic rings. The van der Waals surface area contributed by atoms with E-state index in [2.05, 4.69) is 5.32 Å². The molecule has 0 amide bonds. The van der Waals surface area contributed by atoms with E-state index in [0.717, 1.165) is 36.1 Å². The van der Waals surface area contributed by atoms with Crippen LogP contribution in [0.25, 0.3) is 0 Å². The van der Waals surface area contributed by atoms with Crippen molar-refractivity contribution in [3.05, 3.63) is 47.0 Å². The van der Waals surface area contributed by atoms with E-state index in [9.17, 15) is 4.79 Å². The summed E-state index contributed by atoms with van der Waals surface area (Å²) in [5.74, 6) is 2.46. The van der Waals surface area contributed by atoms with Crippen LogP contribution in [-0.2, 0) is 11.2 Å². The van der Waals surface area contributed by atoms with Crippen LogP contribution in [0.5, 0.6) is 23.0 Å². The fourth-order valence-electron chi connectivity index (χ4n) is 3.81. The summed E-state index contributed by atoms with van der Waals surface area (Å²) < 4.78 is 21.7. The molecule has 0 saturated heterocycles. The Morgan fingerprint density at radius 2 is 1.71 bits per heavy atom. The van der Waals surface area contributed by atoms with Crippen molar-refractivity contribution in [1.82, 2.24) is 5.32 Å². The number of nitrogens with one attached hydrogen (secondary N) is 1. The standard InChI is InChI=1S/C22H27NO5/c1-25-16-5-6-17(20(11-16)26-2)15(13-24)9-19-18-12-22(28-4)21(27-3)10-14(18)7-8-23-19/h5-6,10-13,15,19,23H,7-9H2,1-4H3. The molecule has 6 nitrogen and oxygen atoms in total. The van der Waals surface area contributed by atoms with Gasteiger partial charge in [-0.25, -0.2) is 0 Å². The van der Waals surface area contributed by atoms with E-state index in [1.54, 1.807) is 28.4 Å². The van der Waals surface area contributed by atoms with Gasteiger partial charge in [0.05, 0.1) is 28.4 Å². The molecule has 0 aromatic heterocycles. The molecule has 2 unspecified atom stereocenters. The van der Waals surface area contributed by atoms with Crippen LogP contribution < -0.4 is 24.3 Å². The van der Waals surface area contributed by atoms with Gasteiger partial charge in [0, 0.05) is 23.6 Å². The summed E-state index contributed by atoms with van der Waals surface area (Å²) in [5, 5.41) is 3.54. The number of methoxy groups -OCH3 is 4. The second kappa shape index (κ2) is 8.97. The monoisotopic (exact) mass is 385 g/mol. The van der Waals surface area contributed by atoms with Crippen molar-refractivity contribution >= 4 is 6.29 Å². The number of aldehydes is 1. The molecule has 0 saturated carbocycles. The third-order valence-corrected chi connectivity index (χ3v) is 5.30. The van der Waals surface area contributed by atoms with Gasteiger partial charge < -0.3 is 29.1 Å². The van der Waals surface area contributed by atoms with Crippen LogP contribution >= 0.6 is 0 Å². The fraction of sp³-hybridized carbons (Fsp3) is 0.409. The van der Waals surface area contributed by atoms with E-state index in [4.69, 9.17) is 18.9 Å². The minimum atomic E-state index is -0.308. The highest BCUT2D eigenvalue weighted by atomic mass is 16.5. The maximum Gasteiger partial charge on any atom is 0.161 e. The quantitative estimate of drug-likeness (QED) is 0.704. The van der Waals surface area contributed by atoms with E-state index >= 15 is 0 Å². The fourth-order valence-corrected chi connectivity index (χ4v) is 3.81. The Bertz CT molecular complexity index is 836. The molecule has 0 bridgehead atoms. The van der Waals surface area contributed by atoms with Crippen molar-refractivity contribution in [3.63, 3.8) is 0 Å². The van der Waals surface area contributed by atoms with Gasteiger partial charge in [-0.15, -0.1) is 0 Å². The summed E-state index contributed by atoms with van der Waals surface area (Å²) in [6.45, 7) is 0.846. The summed E-state index contributed by atoms with van der Waals surface area (Å²) >= 11 is 0. The lowest BCUT2D eigenvalue weighted by Gasteiger charge is -2.30. The van der Waals surface area contributed by atoms with Crippen LogP contribution in [-0.4, -0.2) is 41.3 Å². The first kappa shape index (κ1) is 20.0. The maximum absolute atomic E-state index is 12.0. The number of benzene rings is 2. The van der Waals surface area contributed by atoms with Crippen molar-refractivity contribution in [2.24, 2.45) is 0 Å². The Balaban J connectivity index is 1.92. The second-order valence-corrected chi connectivity index (χ2v) is 6.75. The van der Waals surface area contributed by atoms with E-state index in [-0.39, 0.29) is 12.0 Å². The number of rotatable bonds is 8. The molecule has 28 heavy (non-hydrogen) atoms. The van der Waals surface area contributed by atoms with Gasteiger partial charge in [-0.2, -0.15) is 0 Å². The molecule has 0 radical (unpaired) electrons. The van der Waals surface area contributed by atoms with Gasteiger partial charge in [-0.1, -0.05) is 6.07 Å². The minimum Gasteiger partial charge on any atom is -0.497 e. The van der Waals surface area contributed by atoms with Crippen molar-refractivity contribution < 1.29 is 23.7 Å². The topological polar surface area (TPSA) is 66.0 Å². The zero-order valence-electron chi connectivity index (χ0n) is 16.8. The molecule has 150 valence electrons. The van der Waals surface area contributed by atoms with Crippen LogP contribution in [0.4, 0.5) is 0 Å². The smallest absolute Gasteiger partial charge is 0.161 e. The molecule has 0 aliphatic carbocycles. The lowest BCUT2D eigenvalue weighted by Crippen LogP contribution is -2.31. The Morgan fingerprint density at radius 3 is 2.36 bits per heavy atom. The van der Waals surface area contributed by atoms with Crippen LogP contribution in [0.3, 0.4) is 0 Å². The zero-order chi connectivity index (χ0) is 20.1. The second-order valence-electron chi connectivity index (χ2n) is 6.75. The lowest BCUT2D eigenvalue weighted by atomic mass is 9.85. The normalized spacial score (nSPS) is 16.6. The highest BCUT2D eigenvalue weighted by Gasteiger charge is 2.27. The molecule has 0 fully saturated rings. The average molecular weight is 385 g/mol. The van der Waals surface area contributed by atoms with E-state index in [0.29, 0.717) is 23.7 Å². The van der Waals surface area contributed by atoms with Gasteiger partial charge >= 0.3 is 0 Å². The van der Waals surface area contributed by atoms with Crippen LogP contribution in [0.1, 0.15) is 35.1 Å². The summed E-state index contributed by atoms with van der Waals surface area (Å²) in [7, 11) is 6.48. The molecular weight excluding hydrogens is 358 g/mol. The number of carbonyl (C=O) groups excluding carboxylic acids is 1. The number of hydrogen-bond acceptors (Lipinski definition) is 6. The third kappa shape index (κ3) is 3.92. The molecule has 1 aliphatic heterocycles. The molecule has 6 heteroatoms. The molecule has 1 N–H and O–H groups in total. The van der Waals surface area contributed by atoms with Gasteiger partial charge in [-0.3, -0.25) is 0 Å². The molecule has 0 spiro atoms. The predicted octanol–water partition coefficient (Wildman–Crippen LogP) is 3.28. The average Bonchev–Trinajstić information content (AvgIpc) is 2.76. The summed E-state index contributed by atoms with van der Waals surface area (Å²) in [6.07, 6.45) is 2.51. The zero-order valence-corrected chi connectivity index (χ0v) is 16.8. The predicted molar refractivity (Wildman–Crippen MR) is 107 cm³/mol. The van der Waals surface area contributed by atoms with Crippen LogP contribution in [0.2, 0.25) is 0 Å². The Kier molecular flexibility index (Phi) is 6.41. The van der Waals surface area contributed by atoms with Crippen LogP contribution in [0.15, 0.2) is 30.3 Å². The van der Waals surface area contributed by atoms with E-state index in [1.165, 1.54) is 5.56 Å². The van der Waals surface area contributed by atoms with Crippen molar-refractivity contribution in [2.45, 2.75) is 24.8 Å². The SMILES string of the molecule is COc1ccc(C(C=O)CC2NCCc3cc(OC)c(OC)cc32)c(OC)c1. The van der Waals surface area contributed by atoms with Crippen molar-refractivity contribution in [3.8, 4) is 23.0 Å². The summed E-state index contributed by atoms with van der Waals surface area (Å²) in [4.78, 5) is 12.0. The summed E-state index contributed by atoms with van der Waals surface area (Å²) in [6, 6.07) is 9.64. The minimum absolute atomic E-state index is 0.0329. The maximum atomic E-state index is 12.0. The summed E-state index contributed by atoms with van der Waals surface area (Å²) in [5.41, 5.74) is 3.21. The van der Waals surface area contributed by atoms with Gasteiger partial charge in [0.25, 0.3) is 0 Å². The molecule has 1 aliphatic rings. The van der Waals surface area contributed by atoms with Gasteiger partial charge in [0.1, 0.15) is 17.8 Å². The molecule has 3 rings (SSSR count). The number of ether oxygens (including phenoxy) is 4. The van der Waals surface area contributed by atoms with E-state index < -0.39 is 0 Å². The van der Waals surface area contributed by atoms with Gasteiger partial charge in [-0.05, 0) is 48.7 Å². The third-order valence-electron chi connectivity index (χ3n) is 5.30. The highest BCUT2D eigenvalue weighted by Crippen LogP contribution is 2.40. The largest absolute Gasteiger partial charge is 0.497 e. The Hall–Kier alpha value is -2.73. The first-order valence-corrected chi connectivity index (χ1v) is 9.30. The van der Waals surface area contributed by atoms with E-state index in [1.807, 2.05) is 30.3 Å². The van der Waals surface area contributed by atoms with Crippen molar-refractivity contribution in [2.75, 3.05) is 35.0 Å². The Morgan fingerprint density at radius 1 is 1.00 bits per heavy atom. The van der Waals surface area contributed by atoms with Gasteiger partial charge in [0.2, 0.25) is 0 Å². The lowest BCUT2D eigenvalue weighted by molar-refractivity contribution is -0.109. The first-order chi connectivity index (χ1) is 13.6. The molecule has 2 aromatic carbocycles. The Labute approximate surface area is 165 Å². The number of hydrogen-bond donors (Lipinski definition) is 1. The van der Waals surface area contributed by atoms with Crippen LogP contribution in [0, 0.1) is 0 Å². The highest BCUT2D eigenvalue weighted by molar-refractivity contribution is 5.65. The first-order valence-electron chi connectivity index (χ1n) is 9.30. The molecule has 2 atom stereocenters. The molecular formula is C22H27NO5. The number of fused-ring (bicyclic) bond motifs is 1. The number of carbonyl (C=O) groups is 1. The van der Waals surface area contributed by atoms with Crippen molar-refractivity contribution in [1.29, 1.82) is 0 Å².